The van der Waals surface area contributed by atoms with Crippen molar-refractivity contribution in [1.29, 1.82) is 0 Å². The number of aromatic nitrogens is 2. The molecular formula is C17H24N4O3S. The van der Waals surface area contributed by atoms with Crippen LogP contribution >= 0.6 is 0 Å². The molecule has 0 aromatic carbocycles. The van der Waals surface area contributed by atoms with Crippen molar-refractivity contribution in [2.45, 2.75) is 49.8 Å². The maximum absolute atomic E-state index is 12.6. The zero-order valence-electron chi connectivity index (χ0n) is 14.8. The SMILES string of the molecule is Cc1c(C2CCCCC2)noc1NS(=O)(=O)c1ccc(N(C)C)nc1. The fourth-order valence-electron chi connectivity index (χ4n) is 3.18. The van der Waals surface area contributed by atoms with E-state index in [0.29, 0.717) is 11.7 Å². The number of rotatable bonds is 5. The number of hydrogen-bond acceptors (Lipinski definition) is 6. The van der Waals surface area contributed by atoms with Gasteiger partial charge in [-0.15, -0.1) is 0 Å². The first-order valence-electron chi connectivity index (χ1n) is 8.51. The van der Waals surface area contributed by atoms with Crippen molar-refractivity contribution in [2.75, 3.05) is 23.7 Å². The molecule has 2 heterocycles. The highest BCUT2D eigenvalue weighted by atomic mass is 32.2. The molecule has 25 heavy (non-hydrogen) atoms. The lowest BCUT2D eigenvalue weighted by Gasteiger charge is -2.19. The first-order valence-corrected chi connectivity index (χ1v) is 9.99. The first-order chi connectivity index (χ1) is 11.9. The van der Waals surface area contributed by atoms with Gasteiger partial charge in [-0.05, 0) is 31.9 Å². The van der Waals surface area contributed by atoms with Crippen molar-refractivity contribution in [3.8, 4) is 0 Å². The third kappa shape index (κ3) is 3.78. The van der Waals surface area contributed by atoms with Crippen LogP contribution in [0.4, 0.5) is 11.7 Å². The van der Waals surface area contributed by atoms with Crippen LogP contribution in [0.15, 0.2) is 27.7 Å². The largest absolute Gasteiger partial charge is 0.363 e. The summed E-state index contributed by atoms with van der Waals surface area (Å²) in [5, 5.41) is 4.13. The second-order valence-corrected chi connectivity index (χ2v) is 8.39. The van der Waals surface area contributed by atoms with Crippen LogP contribution in [0.2, 0.25) is 0 Å². The summed E-state index contributed by atoms with van der Waals surface area (Å²) in [6.45, 7) is 1.85. The smallest absolute Gasteiger partial charge is 0.265 e. The molecular weight excluding hydrogens is 340 g/mol. The monoisotopic (exact) mass is 364 g/mol. The lowest BCUT2D eigenvalue weighted by atomic mass is 9.86. The molecule has 0 aliphatic heterocycles. The minimum atomic E-state index is -3.76. The summed E-state index contributed by atoms with van der Waals surface area (Å²) in [5.74, 6) is 1.24. The second-order valence-electron chi connectivity index (χ2n) is 6.71. The molecule has 1 aliphatic carbocycles. The Bertz CT molecular complexity index is 822. The number of anilines is 2. The molecule has 0 saturated heterocycles. The molecule has 8 heteroatoms. The van der Waals surface area contributed by atoms with E-state index >= 15 is 0 Å². The Morgan fingerprint density at radius 3 is 2.52 bits per heavy atom. The molecule has 7 nitrogen and oxygen atoms in total. The van der Waals surface area contributed by atoms with Crippen LogP contribution in [0.1, 0.15) is 49.3 Å². The molecule has 0 amide bonds. The number of sulfonamides is 1. The van der Waals surface area contributed by atoms with Gasteiger partial charge in [-0.25, -0.2) is 18.1 Å². The predicted octanol–water partition coefficient (Wildman–Crippen LogP) is 3.29. The Hall–Kier alpha value is -2.09. The van der Waals surface area contributed by atoms with E-state index in [1.807, 2.05) is 21.0 Å². The lowest BCUT2D eigenvalue weighted by molar-refractivity contribution is 0.387. The molecule has 2 aromatic rings. The van der Waals surface area contributed by atoms with Crippen molar-refractivity contribution in [3.63, 3.8) is 0 Å². The summed E-state index contributed by atoms with van der Waals surface area (Å²) in [4.78, 5) is 6.04. The standard InChI is InChI=1S/C17H24N4O3S/c1-12-16(13-7-5-4-6-8-13)19-24-17(12)20-25(22,23)14-9-10-15(18-11-14)21(2)3/h9-11,13,20H,4-8H2,1-3H3. The molecule has 3 rings (SSSR count). The molecule has 1 saturated carbocycles. The van der Waals surface area contributed by atoms with Gasteiger partial charge in [0.15, 0.2) is 0 Å². The van der Waals surface area contributed by atoms with E-state index in [9.17, 15) is 8.42 Å². The highest BCUT2D eigenvalue weighted by molar-refractivity contribution is 7.92. The van der Waals surface area contributed by atoms with Crippen LogP contribution in [-0.2, 0) is 10.0 Å². The Morgan fingerprint density at radius 1 is 1.20 bits per heavy atom. The zero-order valence-corrected chi connectivity index (χ0v) is 15.6. The highest BCUT2D eigenvalue weighted by Gasteiger charge is 2.25. The first kappa shape index (κ1) is 17.7. The number of pyridine rings is 1. The van der Waals surface area contributed by atoms with Gasteiger partial charge < -0.3 is 9.42 Å². The summed E-state index contributed by atoms with van der Waals surface area (Å²) in [7, 11) is -0.0671. The summed E-state index contributed by atoms with van der Waals surface area (Å²) in [5.41, 5.74) is 1.65. The molecule has 1 N–H and O–H groups in total. The van der Waals surface area contributed by atoms with Crippen LogP contribution in [0.5, 0.6) is 0 Å². The van der Waals surface area contributed by atoms with E-state index in [1.165, 1.54) is 31.5 Å². The third-order valence-corrected chi connectivity index (χ3v) is 5.98. The molecule has 1 fully saturated rings. The van der Waals surface area contributed by atoms with Gasteiger partial charge in [0.05, 0.1) is 5.69 Å². The quantitative estimate of drug-likeness (QED) is 0.876. The maximum Gasteiger partial charge on any atom is 0.265 e. The van der Waals surface area contributed by atoms with Gasteiger partial charge in [0.25, 0.3) is 10.0 Å². The highest BCUT2D eigenvalue weighted by Crippen LogP contribution is 2.36. The minimum Gasteiger partial charge on any atom is -0.363 e. The third-order valence-electron chi connectivity index (χ3n) is 4.67. The average Bonchev–Trinajstić information content (AvgIpc) is 2.96. The van der Waals surface area contributed by atoms with Crippen molar-refractivity contribution in [2.24, 2.45) is 0 Å². The molecule has 2 aromatic heterocycles. The Morgan fingerprint density at radius 2 is 1.92 bits per heavy atom. The maximum atomic E-state index is 12.6. The van der Waals surface area contributed by atoms with Gasteiger partial charge in [-0.3, -0.25) is 0 Å². The molecule has 136 valence electrons. The van der Waals surface area contributed by atoms with Crippen LogP contribution in [0, 0.1) is 6.92 Å². The molecule has 0 atom stereocenters. The van der Waals surface area contributed by atoms with Crippen LogP contribution in [0.25, 0.3) is 0 Å². The van der Waals surface area contributed by atoms with Crippen LogP contribution in [0.3, 0.4) is 0 Å². The second kappa shape index (κ2) is 7.03. The van der Waals surface area contributed by atoms with Gasteiger partial charge in [0.2, 0.25) is 5.88 Å². The fourth-order valence-corrected chi connectivity index (χ4v) is 4.17. The molecule has 0 radical (unpaired) electrons. The van der Waals surface area contributed by atoms with Gasteiger partial charge in [0, 0.05) is 31.8 Å². The predicted molar refractivity (Wildman–Crippen MR) is 96.4 cm³/mol. The van der Waals surface area contributed by atoms with Gasteiger partial charge in [0.1, 0.15) is 10.7 Å². The van der Waals surface area contributed by atoms with Crippen molar-refractivity contribution in [1.82, 2.24) is 10.1 Å². The van der Waals surface area contributed by atoms with E-state index in [2.05, 4.69) is 14.9 Å². The van der Waals surface area contributed by atoms with Crippen LogP contribution in [-0.4, -0.2) is 32.7 Å². The van der Waals surface area contributed by atoms with E-state index < -0.39 is 10.0 Å². The number of nitrogens with one attached hydrogen (secondary N) is 1. The summed E-state index contributed by atoms with van der Waals surface area (Å²) in [6, 6.07) is 3.19. The van der Waals surface area contributed by atoms with Crippen molar-refractivity contribution in [3.05, 3.63) is 29.6 Å². The van der Waals surface area contributed by atoms with E-state index in [1.54, 1.807) is 11.0 Å². The van der Waals surface area contributed by atoms with Crippen molar-refractivity contribution >= 4 is 21.7 Å². The van der Waals surface area contributed by atoms with E-state index in [4.69, 9.17) is 4.52 Å². The topological polar surface area (TPSA) is 88.3 Å². The van der Waals surface area contributed by atoms with Gasteiger partial charge in [-0.1, -0.05) is 24.4 Å². The molecule has 0 unspecified atom stereocenters. The lowest BCUT2D eigenvalue weighted by Crippen LogP contribution is -2.15. The zero-order chi connectivity index (χ0) is 18.0. The van der Waals surface area contributed by atoms with Crippen molar-refractivity contribution < 1.29 is 12.9 Å². The van der Waals surface area contributed by atoms with E-state index in [-0.39, 0.29) is 10.8 Å². The minimum absolute atomic E-state index is 0.0908. The molecule has 1 aliphatic rings. The molecule has 0 bridgehead atoms. The van der Waals surface area contributed by atoms with Crippen LogP contribution < -0.4 is 9.62 Å². The summed E-state index contributed by atoms with van der Waals surface area (Å²) in [6.07, 6.45) is 7.11. The Labute approximate surface area is 148 Å². The average molecular weight is 364 g/mol. The normalized spacial score (nSPS) is 16.0. The number of nitrogens with zero attached hydrogens (tertiary/aromatic N) is 3. The van der Waals surface area contributed by atoms with Gasteiger partial charge >= 0.3 is 0 Å². The Balaban J connectivity index is 1.80. The summed E-state index contributed by atoms with van der Waals surface area (Å²) >= 11 is 0. The Kier molecular flexibility index (Phi) is 4.99. The fraction of sp³-hybridized carbons (Fsp3) is 0.529. The van der Waals surface area contributed by atoms with Gasteiger partial charge in [-0.2, -0.15) is 0 Å². The summed E-state index contributed by atoms with van der Waals surface area (Å²) < 4.78 is 32.9. The van der Waals surface area contributed by atoms with E-state index in [0.717, 1.165) is 24.1 Å². The number of hydrogen-bond donors (Lipinski definition) is 1. The molecule has 0 spiro atoms.